The Kier molecular flexibility index (Phi) is 8.62. The largest absolute Gasteiger partial charge is 0.465 e. The Labute approximate surface area is 132 Å². The molecule has 0 aliphatic heterocycles. The maximum absolute atomic E-state index is 13.7. The number of carbonyl (C=O) groups excluding carboxylic acids is 3. The highest BCUT2D eigenvalue weighted by Crippen LogP contribution is 2.23. The molecule has 8 nitrogen and oxygen atoms in total. The molecule has 0 aliphatic rings. The van der Waals surface area contributed by atoms with Crippen LogP contribution >= 0.6 is 0 Å². The van der Waals surface area contributed by atoms with Crippen molar-refractivity contribution in [2.24, 2.45) is 11.7 Å². The van der Waals surface area contributed by atoms with Gasteiger partial charge in [-0.05, 0) is 12.8 Å². The molecule has 0 heterocycles. The minimum Gasteiger partial charge on any atom is -0.465 e. The summed E-state index contributed by atoms with van der Waals surface area (Å²) in [6.07, 6.45) is -2.38. The molecule has 0 saturated heterocycles. The van der Waals surface area contributed by atoms with Crippen LogP contribution in [-0.4, -0.2) is 60.7 Å². The summed E-state index contributed by atoms with van der Waals surface area (Å²) in [6, 6.07) is -1.31. The number of nitrogens with one attached hydrogen (secondary N) is 2. The van der Waals surface area contributed by atoms with Crippen molar-refractivity contribution in [1.82, 2.24) is 10.6 Å². The van der Waals surface area contributed by atoms with Gasteiger partial charge in [-0.15, -0.1) is 0 Å². The van der Waals surface area contributed by atoms with Crippen molar-refractivity contribution in [1.29, 1.82) is 0 Å². The predicted octanol–water partition coefficient (Wildman–Crippen LogP) is -1.24. The number of alkyl halides is 2. The highest BCUT2D eigenvalue weighted by Gasteiger charge is 2.49. The smallest absolute Gasteiger partial charge is 0.351 e. The van der Waals surface area contributed by atoms with E-state index in [0.29, 0.717) is 0 Å². The van der Waals surface area contributed by atoms with Gasteiger partial charge in [0.15, 0.2) is 0 Å². The molecule has 10 heteroatoms. The Morgan fingerprint density at radius 3 is 2.26 bits per heavy atom. The first kappa shape index (κ1) is 21.2. The van der Waals surface area contributed by atoms with Gasteiger partial charge in [-0.1, -0.05) is 13.8 Å². The molecule has 2 amide bonds. The van der Waals surface area contributed by atoms with Crippen LogP contribution in [0.25, 0.3) is 0 Å². The van der Waals surface area contributed by atoms with Gasteiger partial charge in [-0.3, -0.25) is 14.4 Å². The quantitative estimate of drug-likeness (QED) is 0.389. The zero-order valence-electron chi connectivity index (χ0n) is 13.3. The number of rotatable bonds is 9. The van der Waals surface area contributed by atoms with Crippen LogP contribution in [0.1, 0.15) is 20.8 Å². The average Bonchev–Trinajstić information content (AvgIpc) is 2.48. The van der Waals surface area contributed by atoms with Crippen LogP contribution in [-0.2, 0) is 19.1 Å². The van der Waals surface area contributed by atoms with E-state index in [1.807, 2.05) is 0 Å². The average molecular weight is 339 g/mol. The van der Waals surface area contributed by atoms with Crippen LogP contribution in [0.15, 0.2) is 0 Å². The van der Waals surface area contributed by atoms with E-state index < -0.39 is 54.9 Å². The number of carbonyl (C=O) groups is 3. The second-order valence-corrected chi connectivity index (χ2v) is 5.15. The van der Waals surface area contributed by atoms with Crippen LogP contribution in [0.4, 0.5) is 8.78 Å². The van der Waals surface area contributed by atoms with Crippen molar-refractivity contribution < 1.29 is 33.0 Å². The molecule has 0 rings (SSSR count). The Hall–Kier alpha value is -1.81. The molecule has 0 fully saturated rings. The first-order valence-corrected chi connectivity index (χ1v) is 7.06. The summed E-state index contributed by atoms with van der Waals surface area (Å²) in [4.78, 5) is 33.7. The zero-order chi connectivity index (χ0) is 18.2. The number of halogens is 2. The van der Waals surface area contributed by atoms with E-state index in [1.165, 1.54) is 13.8 Å². The molecule has 0 aromatic heterocycles. The topological polar surface area (TPSA) is 131 Å². The number of amides is 2. The monoisotopic (exact) mass is 339 g/mol. The predicted molar refractivity (Wildman–Crippen MR) is 76.4 cm³/mol. The molecule has 0 radical (unpaired) electrons. The zero-order valence-corrected chi connectivity index (χ0v) is 13.3. The molecule has 5 N–H and O–H groups in total. The summed E-state index contributed by atoms with van der Waals surface area (Å²) in [5, 5.41) is 13.3. The van der Waals surface area contributed by atoms with E-state index in [-0.39, 0.29) is 6.61 Å². The van der Waals surface area contributed by atoms with E-state index >= 15 is 0 Å². The SMILES string of the molecule is CCOC(=O)CNC(=O)CNC(=O)C(F)(F)C(O)[C@@H](N)C(C)C. The molecule has 1 unspecified atom stereocenters. The third kappa shape index (κ3) is 6.87. The van der Waals surface area contributed by atoms with Gasteiger partial charge in [0.1, 0.15) is 12.6 Å². The Morgan fingerprint density at radius 2 is 1.78 bits per heavy atom. The van der Waals surface area contributed by atoms with Gasteiger partial charge in [-0.25, -0.2) is 0 Å². The number of hydrogen-bond acceptors (Lipinski definition) is 6. The lowest BCUT2D eigenvalue weighted by atomic mass is 9.95. The van der Waals surface area contributed by atoms with E-state index in [9.17, 15) is 28.3 Å². The first-order valence-electron chi connectivity index (χ1n) is 7.06. The van der Waals surface area contributed by atoms with E-state index in [0.717, 1.165) is 0 Å². The second kappa shape index (κ2) is 9.36. The van der Waals surface area contributed by atoms with Crippen molar-refractivity contribution in [3.05, 3.63) is 0 Å². The number of aliphatic hydroxyl groups excluding tert-OH is 1. The van der Waals surface area contributed by atoms with Gasteiger partial charge in [0.05, 0.1) is 13.2 Å². The van der Waals surface area contributed by atoms with Crippen LogP contribution in [0.2, 0.25) is 0 Å². The standard InChI is InChI=1S/C13H23F2N3O5/c1-4-23-9(20)6-17-8(19)5-18-12(22)13(14,15)11(21)10(16)7(2)3/h7,10-11,21H,4-6,16H2,1-3H3,(H,17,19)(H,18,22)/t10-,11?/m0/s1. The van der Waals surface area contributed by atoms with Crippen molar-refractivity contribution >= 4 is 17.8 Å². The summed E-state index contributed by atoms with van der Waals surface area (Å²) < 4.78 is 32.0. The van der Waals surface area contributed by atoms with E-state index in [1.54, 1.807) is 12.2 Å². The summed E-state index contributed by atoms with van der Waals surface area (Å²) in [7, 11) is 0. The highest BCUT2D eigenvalue weighted by molar-refractivity contribution is 5.90. The third-order valence-corrected chi connectivity index (χ3v) is 2.95. The first-order chi connectivity index (χ1) is 10.5. The summed E-state index contributed by atoms with van der Waals surface area (Å²) in [5.74, 6) is -8.00. The minimum absolute atomic E-state index is 0.131. The fraction of sp³-hybridized carbons (Fsp3) is 0.769. The molecule has 0 aliphatic carbocycles. The lowest BCUT2D eigenvalue weighted by Crippen LogP contribution is -2.57. The van der Waals surface area contributed by atoms with Gasteiger partial charge in [-0.2, -0.15) is 8.78 Å². The van der Waals surface area contributed by atoms with Crippen molar-refractivity contribution in [3.63, 3.8) is 0 Å². The number of nitrogens with two attached hydrogens (primary N) is 1. The fourth-order valence-corrected chi connectivity index (χ4v) is 1.46. The van der Waals surface area contributed by atoms with Gasteiger partial charge in [0, 0.05) is 6.04 Å². The number of aliphatic hydroxyl groups is 1. The van der Waals surface area contributed by atoms with Crippen molar-refractivity contribution in [2.45, 2.75) is 38.8 Å². The van der Waals surface area contributed by atoms with Crippen molar-refractivity contribution in [2.75, 3.05) is 19.7 Å². The Morgan fingerprint density at radius 1 is 1.22 bits per heavy atom. The number of ether oxygens (including phenoxy) is 1. The Bertz CT molecular complexity index is 432. The van der Waals surface area contributed by atoms with E-state index in [2.05, 4.69) is 10.1 Å². The van der Waals surface area contributed by atoms with Crippen LogP contribution in [0.3, 0.4) is 0 Å². The fourth-order valence-electron chi connectivity index (χ4n) is 1.46. The molecule has 134 valence electrons. The lowest BCUT2D eigenvalue weighted by Gasteiger charge is -2.28. The molecule has 0 bridgehead atoms. The molecule has 0 saturated carbocycles. The van der Waals surface area contributed by atoms with Gasteiger partial charge < -0.3 is 26.2 Å². The molecule has 23 heavy (non-hydrogen) atoms. The Balaban J connectivity index is 4.41. The number of esters is 1. The maximum Gasteiger partial charge on any atom is 0.351 e. The highest BCUT2D eigenvalue weighted by atomic mass is 19.3. The molecular weight excluding hydrogens is 316 g/mol. The maximum atomic E-state index is 13.7. The molecule has 0 aromatic carbocycles. The minimum atomic E-state index is -4.15. The van der Waals surface area contributed by atoms with Crippen LogP contribution < -0.4 is 16.4 Å². The third-order valence-electron chi connectivity index (χ3n) is 2.95. The summed E-state index contributed by atoms with van der Waals surface area (Å²) in [5.41, 5.74) is 5.41. The normalized spacial score (nSPS) is 14.1. The molecule has 0 spiro atoms. The molecule has 2 atom stereocenters. The van der Waals surface area contributed by atoms with Crippen molar-refractivity contribution in [3.8, 4) is 0 Å². The van der Waals surface area contributed by atoms with Gasteiger partial charge >= 0.3 is 11.9 Å². The second-order valence-electron chi connectivity index (χ2n) is 5.15. The summed E-state index contributed by atoms with van der Waals surface area (Å²) in [6.45, 7) is 3.52. The van der Waals surface area contributed by atoms with Crippen LogP contribution in [0.5, 0.6) is 0 Å². The lowest BCUT2D eigenvalue weighted by molar-refractivity contribution is -0.167. The molecular formula is C13H23F2N3O5. The molecule has 0 aromatic rings. The van der Waals surface area contributed by atoms with Crippen LogP contribution in [0, 0.1) is 5.92 Å². The van der Waals surface area contributed by atoms with Gasteiger partial charge in [0.2, 0.25) is 5.91 Å². The van der Waals surface area contributed by atoms with E-state index in [4.69, 9.17) is 5.73 Å². The summed E-state index contributed by atoms with van der Waals surface area (Å²) >= 11 is 0. The number of hydrogen-bond donors (Lipinski definition) is 4. The van der Waals surface area contributed by atoms with Gasteiger partial charge in [0.25, 0.3) is 5.91 Å².